The predicted octanol–water partition coefficient (Wildman–Crippen LogP) is 6.19. The van der Waals surface area contributed by atoms with Crippen LogP contribution in [0.25, 0.3) is 0 Å². The van der Waals surface area contributed by atoms with Crippen LogP contribution in [0.15, 0.2) is 42.5 Å². The van der Waals surface area contributed by atoms with Gasteiger partial charge in [-0.3, -0.25) is 4.79 Å². The number of carbonyl (C=O) groups is 1. The van der Waals surface area contributed by atoms with E-state index in [9.17, 15) is 4.79 Å². The molecule has 1 atom stereocenters. The summed E-state index contributed by atoms with van der Waals surface area (Å²) in [4.78, 5) is 12.4. The van der Waals surface area contributed by atoms with Gasteiger partial charge in [0.05, 0.1) is 15.7 Å². The van der Waals surface area contributed by atoms with Crippen molar-refractivity contribution in [3.63, 3.8) is 0 Å². The summed E-state index contributed by atoms with van der Waals surface area (Å²) in [6, 6.07) is 11.3. The Bertz CT molecular complexity index is 747. The molecule has 2 rings (SSSR count). The first-order valence-corrected chi connectivity index (χ1v) is 8.79. The topological polar surface area (TPSA) is 41.1 Å². The summed E-state index contributed by atoms with van der Waals surface area (Å²) in [6.07, 6.45) is -1.06. The van der Waals surface area contributed by atoms with Gasteiger partial charge < -0.3 is 10.6 Å². The zero-order valence-electron chi connectivity index (χ0n) is 11.8. The molecule has 128 valence electrons. The second kappa shape index (κ2) is 8.22. The molecule has 24 heavy (non-hydrogen) atoms. The smallest absolute Gasteiger partial charge is 0.253 e. The Morgan fingerprint density at radius 2 is 1.67 bits per heavy atom. The zero-order chi connectivity index (χ0) is 17.9. The highest BCUT2D eigenvalue weighted by molar-refractivity contribution is 6.68. The van der Waals surface area contributed by atoms with Crippen LogP contribution in [0.3, 0.4) is 0 Å². The summed E-state index contributed by atoms with van der Waals surface area (Å²) in [5.41, 5.74) is 0.729. The van der Waals surface area contributed by atoms with Crippen LogP contribution in [0, 0.1) is 0 Å². The van der Waals surface area contributed by atoms with Crippen molar-refractivity contribution in [1.29, 1.82) is 0 Å². The van der Waals surface area contributed by atoms with Crippen molar-refractivity contribution in [2.45, 2.75) is 9.96 Å². The van der Waals surface area contributed by atoms with Crippen molar-refractivity contribution in [2.75, 3.05) is 5.32 Å². The summed E-state index contributed by atoms with van der Waals surface area (Å²) < 4.78 is -1.85. The third-order valence-electron chi connectivity index (χ3n) is 2.94. The molecule has 9 heteroatoms. The third-order valence-corrected chi connectivity index (χ3v) is 4.65. The molecule has 0 aliphatic rings. The van der Waals surface area contributed by atoms with E-state index >= 15 is 0 Å². The van der Waals surface area contributed by atoms with E-state index in [2.05, 4.69) is 10.6 Å². The minimum absolute atomic E-state index is 0.246. The highest BCUT2D eigenvalue weighted by Crippen LogP contribution is 2.35. The molecule has 0 bridgehead atoms. The highest BCUT2D eigenvalue weighted by atomic mass is 35.6. The number of nitrogens with one attached hydrogen (secondary N) is 2. The van der Waals surface area contributed by atoms with Crippen LogP contribution < -0.4 is 10.6 Å². The first kappa shape index (κ1) is 19.8. The summed E-state index contributed by atoms with van der Waals surface area (Å²) in [5, 5.41) is 6.44. The lowest BCUT2D eigenvalue weighted by Gasteiger charge is -2.28. The van der Waals surface area contributed by atoms with E-state index in [1.807, 2.05) is 0 Å². The van der Waals surface area contributed by atoms with Gasteiger partial charge in [0.25, 0.3) is 5.91 Å². The molecular formula is C15H10Cl6N2O. The van der Waals surface area contributed by atoms with Crippen LogP contribution >= 0.6 is 69.6 Å². The van der Waals surface area contributed by atoms with Gasteiger partial charge in [0, 0.05) is 10.6 Å². The average Bonchev–Trinajstić information content (AvgIpc) is 2.50. The van der Waals surface area contributed by atoms with Gasteiger partial charge in [0.15, 0.2) is 0 Å². The molecule has 0 unspecified atom stereocenters. The van der Waals surface area contributed by atoms with Gasteiger partial charge >= 0.3 is 0 Å². The summed E-state index contributed by atoms with van der Waals surface area (Å²) in [7, 11) is 0. The Kier molecular flexibility index (Phi) is 6.77. The largest absolute Gasteiger partial charge is 0.361 e. The molecule has 0 spiro atoms. The molecule has 0 aromatic heterocycles. The molecule has 0 aliphatic carbocycles. The Balaban J connectivity index is 2.23. The molecule has 0 fully saturated rings. The lowest BCUT2D eigenvalue weighted by Crippen LogP contribution is -2.49. The van der Waals surface area contributed by atoms with Crippen LogP contribution in [-0.4, -0.2) is 15.9 Å². The van der Waals surface area contributed by atoms with E-state index in [1.165, 1.54) is 6.07 Å². The lowest BCUT2D eigenvalue weighted by molar-refractivity contribution is 0.0942. The Labute approximate surface area is 169 Å². The average molecular weight is 447 g/mol. The molecular weight excluding hydrogens is 437 g/mol. The van der Waals surface area contributed by atoms with Crippen molar-refractivity contribution in [3.8, 4) is 0 Å². The van der Waals surface area contributed by atoms with E-state index in [0.717, 1.165) is 0 Å². The van der Waals surface area contributed by atoms with Crippen LogP contribution in [0.1, 0.15) is 10.4 Å². The zero-order valence-corrected chi connectivity index (χ0v) is 16.3. The maximum atomic E-state index is 12.4. The van der Waals surface area contributed by atoms with E-state index in [1.54, 1.807) is 36.4 Å². The molecule has 0 saturated carbocycles. The molecule has 3 nitrogen and oxygen atoms in total. The fraction of sp³-hybridized carbons (Fsp3) is 0.133. The summed E-state index contributed by atoms with van der Waals surface area (Å²) in [5.74, 6) is -0.473. The van der Waals surface area contributed by atoms with Crippen molar-refractivity contribution in [1.82, 2.24) is 5.32 Å². The van der Waals surface area contributed by atoms with Crippen LogP contribution in [0.4, 0.5) is 5.69 Å². The first-order valence-electron chi connectivity index (χ1n) is 6.52. The van der Waals surface area contributed by atoms with E-state index in [4.69, 9.17) is 69.6 Å². The number of rotatable bonds is 4. The summed E-state index contributed by atoms with van der Waals surface area (Å²) >= 11 is 35.8. The van der Waals surface area contributed by atoms with Crippen molar-refractivity contribution in [2.24, 2.45) is 0 Å². The highest BCUT2D eigenvalue weighted by Gasteiger charge is 2.34. The monoisotopic (exact) mass is 444 g/mol. The number of benzene rings is 2. The standard InChI is InChI=1S/C15H10Cl6N2O/c16-9-4-1-3-8(7-9)13(24)23-14(15(19,20)21)22-11-6-2-5-10(17)12(11)18/h1-7,14,22H,(H,23,24)/t14-/m1/s1. The van der Waals surface area contributed by atoms with Gasteiger partial charge in [-0.05, 0) is 30.3 Å². The SMILES string of the molecule is O=C(N[C@@H](Nc1cccc(Cl)c1Cl)C(Cl)(Cl)Cl)c1cccc(Cl)c1. The van der Waals surface area contributed by atoms with Gasteiger partial charge in [-0.2, -0.15) is 0 Å². The maximum Gasteiger partial charge on any atom is 0.253 e. The Morgan fingerprint density at radius 1 is 1.00 bits per heavy atom. The molecule has 2 aromatic rings. The van der Waals surface area contributed by atoms with Crippen molar-refractivity contribution in [3.05, 3.63) is 63.1 Å². The van der Waals surface area contributed by atoms with Crippen LogP contribution in [-0.2, 0) is 0 Å². The molecule has 0 heterocycles. The molecule has 1 amide bonds. The second-order valence-corrected chi connectivity index (χ2v) is 8.29. The van der Waals surface area contributed by atoms with Gasteiger partial charge in [-0.1, -0.05) is 81.7 Å². The number of hydrogen-bond acceptors (Lipinski definition) is 2. The van der Waals surface area contributed by atoms with E-state index < -0.39 is 15.9 Å². The van der Waals surface area contributed by atoms with Crippen LogP contribution in [0.2, 0.25) is 15.1 Å². The molecule has 2 N–H and O–H groups in total. The normalized spacial score (nSPS) is 12.6. The van der Waals surface area contributed by atoms with E-state index in [-0.39, 0.29) is 5.02 Å². The number of hydrogen-bond donors (Lipinski definition) is 2. The quantitative estimate of drug-likeness (QED) is 0.434. The van der Waals surface area contributed by atoms with Gasteiger partial charge in [0.1, 0.15) is 6.17 Å². The minimum Gasteiger partial charge on any atom is -0.361 e. The molecule has 2 aromatic carbocycles. The molecule has 0 radical (unpaired) electrons. The Morgan fingerprint density at radius 3 is 2.29 bits per heavy atom. The first-order chi connectivity index (χ1) is 11.2. The number of anilines is 1. The molecule has 0 saturated heterocycles. The van der Waals surface area contributed by atoms with Crippen molar-refractivity contribution < 1.29 is 4.79 Å². The van der Waals surface area contributed by atoms with Gasteiger partial charge in [-0.15, -0.1) is 0 Å². The fourth-order valence-corrected chi connectivity index (χ4v) is 2.69. The fourth-order valence-electron chi connectivity index (χ4n) is 1.81. The number of amides is 1. The van der Waals surface area contributed by atoms with Crippen molar-refractivity contribution >= 4 is 81.2 Å². The third kappa shape index (κ3) is 5.22. The molecule has 0 aliphatic heterocycles. The minimum atomic E-state index is -1.85. The number of halogens is 6. The van der Waals surface area contributed by atoms with Gasteiger partial charge in [-0.25, -0.2) is 0 Å². The number of carbonyl (C=O) groups excluding carboxylic acids is 1. The maximum absolute atomic E-state index is 12.4. The Hall–Kier alpha value is -0.550. The summed E-state index contributed by atoms with van der Waals surface area (Å²) in [6.45, 7) is 0. The lowest BCUT2D eigenvalue weighted by atomic mass is 10.2. The second-order valence-electron chi connectivity index (χ2n) is 4.70. The van der Waals surface area contributed by atoms with Crippen LogP contribution in [0.5, 0.6) is 0 Å². The van der Waals surface area contributed by atoms with E-state index in [0.29, 0.717) is 21.3 Å². The van der Waals surface area contributed by atoms with Gasteiger partial charge in [0.2, 0.25) is 3.79 Å². The number of alkyl halides is 3. The predicted molar refractivity (Wildman–Crippen MR) is 103 cm³/mol.